The van der Waals surface area contributed by atoms with E-state index in [0.29, 0.717) is 22.5 Å². The Balaban J connectivity index is 2.46. The fraction of sp³-hybridized carbons (Fsp3) is 1.00. The number of hydrogen-bond acceptors (Lipinski definition) is 3. The van der Waals surface area contributed by atoms with Crippen molar-refractivity contribution in [3.8, 4) is 0 Å². The fourth-order valence-electron chi connectivity index (χ4n) is 1.90. The smallest absolute Gasteiger partial charge is 0.0751 e. The van der Waals surface area contributed by atoms with E-state index in [-0.39, 0.29) is 0 Å². The summed E-state index contributed by atoms with van der Waals surface area (Å²) in [4.78, 5) is 0. The van der Waals surface area contributed by atoms with Gasteiger partial charge in [-0.2, -0.15) is 0 Å². The van der Waals surface area contributed by atoms with Gasteiger partial charge in [0.05, 0.1) is 18.0 Å². The first kappa shape index (κ1) is 12.3. The van der Waals surface area contributed by atoms with Crippen LogP contribution in [0.3, 0.4) is 0 Å². The maximum atomic E-state index is 5.79. The van der Waals surface area contributed by atoms with Crippen LogP contribution in [0.1, 0.15) is 27.7 Å². The molecule has 1 aliphatic rings. The van der Waals surface area contributed by atoms with Gasteiger partial charge in [-0.05, 0) is 19.8 Å². The van der Waals surface area contributed by atoms with Crippen LogP contribution in [-0.4, -0.2) is 36.4 Å². The first-order valence-electron chi connectivity index (χ1n) is 5.55. The molecule has 1 heterocycles. The molecule has 2 nitrogen and oxygen atoms in total. The fourth-order valence-corrected chi connectivity index (χ4v) is 3.51. The quantitative estimate of drug-likeness (QED) is 0.706. The van der Waals surface area contributed by atoms with Crippen LogP contribution in [0.15, 0.2) is 0 Å². The molecule has 14 heavy (non-hydrogen) atoms. The molecule has 0 unspecified atom stereocenters. The van der Waals surface area contributed by atoms with Crippen LogP contribution in [0.5, 0.6) is 0 Å². The highest BCUT2D eigenvalue weighted by Gasteiger charge is 2.39. The molecule has 0 aromatic rings. The number of rotatable bonds is 5. The molecule has 1 saturated heterocycles. The Morgan fingerprint density at radius 3 is 2.43 bits per heavy atom. The lowest BCUT2D eigenvalue weighted by Gasteiger charge is -2.21. The lowest BCUT2D eigenvalue weighted by Crippen LogP contribution is -2.31. The minimum atomic E-state index is 0.381. The van der Waals surface area contributed by atoms with E-state index in [1.807, 2.05) is 18.7 Å². The van der Waals surface area contributed by atoms with E-state index in [1.165, 1.54) is 0 Å². The molecule has 4 atom stereocenters. The van der Waals surface area contributed by atoms with Crippen LogP contribution in [0.25, 0.3) is 0 Å². The summed E-state index contributed by atoms with van der Waals surface area (Å²) in [6.45, 7) is 11.1. The molecule has 1 aliphatic heterocycles. The number of thioether (sulfide) groups is 1. The second-order valence-electron chi connectivity index (χ2n) is 3.82. The van der Waals surface area contributed by atoms with E-state index in [2.05, 4.69) is 20.8 Å². The van der Waals surface area contributed by atoms with E-state index in [9.17, 15) is 0 Å². The molecule has 0 amide bonds. The van der Waals surface area contributed by atoms with Crippen LogP contribution in [0.2, 0.25) is 0 Å². The second-order valence-corrected chi connectivity index (χ2v) is 5.44. The van der Waals surface area contributed by atoms with Gasteiger partial charge in [-0.15, -0.1) is 11.8 Å². The lowest BCUT2D eigenvalue weighted by molar-refractivity contribution is 0.0126. The van der Waals surface area contributed by atoms with E-state index >= 15 is 0 Å². The SMILES string of the molecule is CCOC[C@H]1S[C@@H](C)[C@H](C)[C@@H]1OCC. The molecule has 0 aromatic heterocycles. The third-order valence-electron chi connectivity index (χ3n) is 2.86. The van der Waals surface area contributed by atoms with Crippen LogP contribution in [0, 0.1) is 5.92 Å². The van der Waals surface area contributed by atoms with Crippen LogP contribution in [0.4, 0.5) is 0 Å². The Labute approximate surface area is 91.7 Å². The summed E-state index contributed by atoms with van der Waals surface area (Å²) in [5.41, 5.74) is 0. The first-order valence-corrected chi connectivity index (χ1v) is 6.49. The van der Waals surface area contributed by atoms with Crippen molar-refractivity contribution < 1.29 is 9.47 Å². The average Bonchev–Trinajstić information content (AvgIpc) is 2.43. The van der Waals surface area contributed by atoms with Gasteiger partial charge >= 0.3 is 0 Å². The lowest BCUT2D eigenvalue weighted by atomic mass is 9.99. The summed E-state index contributed by atoms with van der Waals surface area (Å²) in [6, 6.07) is 0. The predicted octanol–water partition coefficient (Wildman–Crippen LogP) is 2.57. The summed E-state index contributed by atoms with van der Waals surface area (Å²) in [5, 5.41) is 1.22. The zero-order valence-corrected chi connectivity index (χ0v) is 10.5. The Morgan fingerprint density at radius 1 is 1.14 bits per heavy atom. The van der Waals surface area contributed by atoms with Crippen LogP contribution >= 0.6 is 11.8 Å². The Bertz CT molecular complexity index is 163. The molecule has 0 radical (unpaired) electrons. The minimum Gasteiger partial charge on any atom is -0.380 e. The van der Waals surface area contributed by atoms with Gasteiger partial charge in [0.1, 0.15) is 0 Å². The predicted molar refractivity (Wildman–Crippen MR) is 61.9 cm³/mol. The summed E-state index contributed by atoms with van der Waals surface area (Å²) in [5.74, 6) is 0.644. The minimum absolute atomic E-state index is 0.381. The molecular formula is C11H22O2S. The molecule has 1 fully saturated rings. The molecule has 0 aromatic carbocycles. The normalized spacial score (nSPS) is 37.7. The summed E-state index contributed by atoms with van der Waals surface area (Å²) in [6.07, 6.45) is 0.381. The average molecular weight is 218 g/mol. The second kappa shape index (κ2) is 5.99. The standard InChI is InChI=1S/C11H22O2S/c1-5-12-7-10-11(13-6-2)8(3)9(4)14-10/h8-11H,5-7H2,1-4H3/t8-,9-,10+,11-/m0/s1. The molecule has 1 rings (SSSR count). The molecule has 0 aliphatic carbocycles. The third kappa shape index (κ3) is 2.88. The van der Waals surface area contributed by atoms with Gasteiger partial charge in [0.25, 0.3) is 0 Å². The van der Waals surface area contributed by atoms with Crippen molar-refractivity contribution in [2.45, 2.75) is 44.3 Å². The zero-order valence-electron chi connectivity index (χ0n) is 9.66. The van der Waals surface area contributed by atoms with Crippen LogP contribution < -0.4 is 0 Å². The third-order valence-corrected chi connectivity index (χ3v) is 4.47. The Kier molecular flexibility index (Phi) is 5.28. The molecule has 3 heteroatoms. The van der Waals surface area contributed by atoms with Crippen molar-refractivity contribution >= 4 is 11.8 Å². The van der Waals surface area contributed by atoms with Gasteiger partial charge in [-0.1, -0.05) is 13.8 Å². The van der Waals surface area contributed by atoms with Gasteiger partial charge in [0, 0.05) is 18.5 Å². The monoisotopic (exact) mass is 218 g/mol. The molecule has 0 bridgehead atoms. The van der Waals surface area contributed by atoms with Gasteiger partial charge in [0.15, 0.2) is 0 Å². The van der Waals surface area contributed by atoms with Gasteiger partial charge in [-0.3, -0.25) is 0 Å². The molecule has 0 N–H and O–H groups in total. The maximum absolute atomic E-state index is 5.79. The van der Waals surface area contributed by atoms with E-state index in [4.69, 9.17) is 9.47 Å². The van der Waals surface area contributed by atoms with Crippen molar-refractivity contribution in [2.75, 3.05) is 19.8 Å². The van der Waals surface area contributed by atoms with Crippen molar-refractivity contribution in [1.82, 2.24) is 0 Å². The van der Waals surface area contributed by atoms with Crippen molar-refractivity contribution in [3.05, 3.63) is 0 Å². The van der Waals surface area contributed by atoms with E-state index < -0.39 is 0 Å². The molecular weight excluding hydrogens is 196 g/mol. The first-order chi connectivity index (χ1) is 6.70. The van der Waals surface area contributed by atoms with Crippen LogP contribution in [-0.2, 0) is 9.47 Å². The summed E-state index contributed by atoms with van der Waals surface area (Å²) in [7, 11) is 0. The topological polar surface area (TPSA) is 18.5 Å². The van der Waals surface area contributed by atoms with Gasteiger partial charge < -0.3 is 9.47 Å². The highest BCUT2D eigenvalue weighted by Crippen LogP contribution is 2.40. The summed E-state index contributed by atoms with van der Waals surface area (Å²) < 4.78 is 11.3. The molecule has 0 spiro atoms. The van der Waals surface area contributed by atoms with E-state index in [1.54, 1.807) is 0 Å². The van der Waals surface area contributed by atoms with Crippen molar-refractivity contribution in [1.29, 1.82) is 0 Å². The zero-order chi connectivity index (χ0) is 10.6. The summed E-state index contributed by atoms with van der Waals surface area (Å²) >= 11 is 2.01. The highest BCUT2D eigenvalue weighted by molar-refractivity contribution is 8.00. The van der Waals surface area contributed by atoms with Gasteiger partial charge in [-0.25, -0.2) is 0 Å². The highest BCUT2D eigenvalue weighted by atomic mass is 32.2. The largest absolute Gasteiger partial charge is 0.380 e. The molecule has 84 valence electrons. The van der Waals surface area contributed by atoms with Crippen molar-refractivity contribution in [3.63, 3.8) is 0 Å². The Morgan fingerprint density at radius 2 is 1.86 bits per heavy atom. The van der Waals surface area contributed by atoms with Gasteiger partial charge in [0.2, 0.25) is 0 Å². The van der Waals surface area contributed by atoms with Crippen molar-refractivity contribution in [2.24, 2.45) is 5.92 Å². The number of hydrogen-bond donors (Lipinski definition) is 0. The molecule has 0 saturated carbocycles. The van der Waals surface area contributed by atoms with E-state index in [0.717, 1.165) is 19.8 Å². The Hall–Kier alpha value is 0.270. The maximum Gasteiger partial charge on any atom is 0.0751 e. The number of ether oxygens (including phenoxy) is 2.